The number of benzene rings is 3. The molecule has 5 rings (SSSR count). The Balaban J connectivity index is 1.31. The Hall–Kier alpha value is -4.70. The molecule has 0 radical (unpaired) electrons. The number of fused-ring (bicyclic) bond motifs is 1. The average Bonchev–Trinajstić information content (AvgIpc) is 3.28. The van der Waals surface area contributed by atoms with Gasteiger partial charge in [-0.2, -0.15) is 0 Å². The molecular formula is C30H25NO8S. The van der Waals surface area contributed by atoms with E-state index in [0.29, 0.717) is 63.2 Å². The first-order valence-electron chi connectivity index (χ1n) is 12.2. The molecule has 1 saturated heterocycles. The van der Waals surface area contributed by atoms with Crippen LogP contribution in [0.15, 0.2) is 74.8 Å². The molecule has 1 aromatic heterocycles. The van der Waals surface area contributed by atoms with Crippen molar-refractivity contribution < 1.29 is 33.0 Å². The number of imide groups is 1. The van der Waals surface area contributed by atoms with Crippen molar-refractivity contribution in [3.05, 3.63) is 86.9 Å². The summed E-state index contributed by atoms with van der Waals surface area (Å²) in [5.74, 6) is 1.86. The van der Waals surface area contributed by atoms with Crippen molar-refractivity contribution in [3.8, 4) is 34.3 Å². The minimum atomic E-state index is -0.380. The summed E-state index contributed by atoms with van der Waals surface area (Å²) in [5, 5.41) is 2.31. The minimum Gasteiger partial charge on any atom is -0.493 e. The van der Waals surface area contributed by atoms with Crippen LogP contribution < -0.4 is 29.7 Å². The van der Waals surface area contributed by atoms with Gasteiger partial charge < -0.3 is 23.4 Å². The van der Waals surface area contributed by atoms with Gasteiger partial charge in [0.1, 0.15) is 17.1 Å². The number of nitrogens with one attached hydrogen (secondary N) is 1. The summed E-state index contributed by atoms with van der Waals surface area (Å²) < 4.78 is 28.3. The molecule has 0 bridgehead atoms. The lowest BCUT2D eigenvalue weighted by Gasteiger charge is -2.14. The van der Waals surface area contributed by atoms with Gasteiger partial charge in [-0.1, -0.05) is 24.3 Å². The van der Waals surface area contributed by atoms with Crippen LogP contribution in [0.25, 0.3) is 28.4 Å². The van der Waals surface area contributed by atoms with Gasteiger partial charge in [0.25, 0.3) is 11.1 Å². The highest BCUT2D eigenvalue weighted by atomic mass is 32.2. The van der Waals surface area contributed by atoms with Gasteiger partial charge in [0.15, 0.2) is 16.9 Å². The summed E-state index contributed by atoms with van der Waals surface area (Å²) in [5.41, 5.74) is 2.66. The minimum absolute atomic E-state index is 0.190. The zero-order chi connectivity index (χ0) is 28.2. The second-order valence-corrected chi connectivity index (χ2v) is 9.75. The van der Waals surface area contributed by atoms with Gasteiger partial charge in [0.2, 0.25) is 5.75 Å². The van der Waals surface area contributed by atoms with Crippen molar-refractivity contribution in [2.24, 2.45) is 0 Å². The first-order valence-corrected chi connectivity index (χ1v) is 13.0. The van der Waals surface area contributed by atoms with Crippen molar-refractivity contribution in [1.29, 1.82) is 0 Å². The molecule has 0 aliphatic carbocycles. The standard InChI is InChI=1S/C30H25NO8S/c1-35-25-13-19(14-26(36-2)28(25)37-3)23-16-22(32)21-9-8-20(15-24(21)39-23)38-11-10-17-4-6-18(7-5-17)12-27-29(33)31-30(34)40-27/h4-9,12-16H,10-11H2,1-3H3,(H,31,33,34)/b27-12+. The maximum atomic E-state index is 12.9. The fourth-order valence-corrected chi connectivity index (χ4v) is 4.91. The second kappa shape index (κ2) is 11.6. The maximum absolute atomic E-state index is 12.9. The number of methoxy groups -OCH3 is 3. The van der Waals surface area contributed by atoms with Crippen molar-refractivity contribution in [2.75, 3.05) is 27.9 Å². The third-order valence-electron chi connectivity index (χ3n) is 6.23. The summed E-state index contributed by atoms with van der Waals surface area (Å²) in [4.78, 5) is 36.3. The van der Waals surface area contributed by atoms with Crippen molar-refractivity contribution >= 4 is 40.0 Å². The lowest BCUT2D eigenvalue weighted by atomic mass is 10.1. The van der Waals surface area contributed by atoms with E-state index in [4.69, 9.17) is 23.4 Å². The van der Waals surface area contributed by atoms with E-state index in [-0.39, 0.29) is 16.6 Å². The monoisotopic (exact) mass is 559 g/mol. The van der Waals surface area contributed by atoms with E-state index in [9.17, 15) is 14.4 Å². The molecule has 1 fully saturated rings. The average molecular weight is 560 g/mol. The summed E-state index contributed by atoms with van der Waals surface area (Å²) >= 11 is 0.888. The first kappa shape index (κ1) is 26.9. The molecule has 1 aliphatic rings. The van der Waals surface area contributed by atoms with Crippen LogP contribution >= 0.6 is 11.8 Å². The predicted molar refractivity (Wildman–Crippen MR) is 152 cm³/mol. The van der Waals surface area contributed by atoms with Crippen molar-refractivity contribution in [1.82, 2.24) is 5.32 Å². The van der Waals surface area contributed by atoms with Crippen LogP contribution in [0.2, 0.25) is 0 Å². The highest BCUT2D eigenvalue weighted by Crippen LogP contribution is 2.41. The van der Waals surface area contributed by atoms with Gasteiger partial charge in [-0.15, -0.1) is 0 Å². The number of carbonyl (C=O) groups is 2. The molecule has 10 heteroatoms. The van der Waals surface area contributed by atoms with E-state index in [2.05, 4.69) is 5.32 Å². The second-order valence-electron chi connectivity index (χ2n) is 8.74. The highest BCUT2D eigenvalue weighted by molar-refractivity contribution is 8.18. The Bertz CT molecular complexity index is 1670. The van der Waals surface area contributed by atoms with Crippen LogP contribution in [-0.4, -0.2) is 39.1 Å². The number of thioether (sulfide) groups is 1. The number of amides is 2. The Morgan fingerprint density at radius 2 is 1.60 bits per heavy atom. The van der Waals surface area contributed by atoms with Gasteiger partial charge >= 0.3 is 0 Å². The Labute approximate surface area is 233 Å². The Morgan fingerprint density at radius 1 is 0.875 bits per heavy atom. The van der Waals surface area contributed by atoms with Crippen LogP contribution in [0, 0.1) is 0 Å². The van der Waals surface area contributed by atoms with Crippen LogP contribution in [-0.2, 0) is 11.2 Å². The third-order valence-corrected chi connectivity index (χ3v) is 7.04. The van der Waals surface area contributed by atoms with Crippen LogP contribution in [0.5, 0.6) is 23.0 Å². The topological polar surface area (TPSA) is 113 Å². The lowest BCUT2D eigenvalue weighted by Crippen LogP contribution is -2.17. The van der Waals surface area contributed by atoms with Gasteiger partial charge in [0.05, 0.1) is 38.2 Å². The quantitative estimate of drug-likeness (QED) is 0.268. The molecular weight excluding hydrogens is 534 g/mol. The van der Waals surface area contributed by atoms with E-state index in [0.717, 1.165) is 22.9 Å². The molecule has 2 amide bonds. The fourth-order valence-electron chi connectivity index (χ4n) is 4.23. The molecule has 204 valence electrons. The molecule has 0 atom stereocenters. The number of hydrogen-bond acceptors (Lipinski definition) is 9. The predicted octanol–water partition coefficient (Wildman–Crippen LogP) is 5.43. The number of ether oxygens (including phenoxy) is 4. The van der Waals surface area contributed by atoms with E-state index >= 15 is 0 Å². The third kappa shape index (κ3) is 5.67. The van der Waals surface area contributed by atoms with Crippen LogP contribution in [0.3, 0.4) is 0 Å². The number of carbonyl (C=O) groups excluding carboxylic acids is 2. The highest BCUT2D eigenvalue weighted by Gasteiger charge is 2.24. The SMILES string of the molecule is COc1cc(-c2cc(=O)c3ccc(OCCc4ccc(/C=C5/SC(=O)NC5=O)cc4)cc3o2)cc(OC)c1OC. The van der Waals surface area contributed by atoms with E-state index in [1.807, 2.05) is 24.3 Å². The Kier molecular flexibility index (Phi) is 7.79. The molecule has 1 aliphatic heterocycles. The summed E-state index contributed by atoms with van der Waals surface area (Å²) in [6.07, 6.45) is 2.32. The molecule has 0 spiro atoms. The molecule has 0 saturated carbocycles. The van der Waals surface area contributed by atoms with Gasteiger partial charge in [-0.3, -0.25) is 19.7 Å². The molecule has 4 aromatic rings. The molecule has 1 N–H and O–H groups in total. The smallest absolute Gasteiger partial charge is 0.290 e. The summed E-state index contributed by atoms with van der Waals surface area (Å²) in [7, 11) is 4.56. The zero-order valence-corrected chi connectivity index (χ0v) is 22.8. The van der Waals surface area contributed by atoms with Gasteiger partial charge in [0, 0.05) is 24.1 Å². The van der Waals surface area contributed by atoms with Gasteiger partial charge in [-0.25, -0.2) is 0 Å². The first-order chi connectivity index (χ1) is 19.4. The molecule has 9 nitrogen and oxygen atoms in total. The molecule has 2 heterocycles. The normalized spacial score (nSPS) is 13.9. The number of rotatable bonds is 9. The van der Waals surface area contributed by atoms with E-state index in [1.165, 1.54) is 27.4 Å². The number of hydrogen-bond donors (Lipinski definition) is 1. The van der Waals surface area contributed by atoms with Gasteiger partial charge in [-0.05, 0) is 53.2 Å². The zero-order valence-electron chi connectivity index (χ0n) is 21.9. The van der Waals surface area contributed by atoms with Crippen LogP contribution in [0.4, 0.5) is 4.79 Å². The fraction of sp³-hybridized carbons (Fsp3) is 0.167. The van der Waals surface area contributed by atoms with Crippen LogP contribution in [0.1, 0.15) is 11.1 Å². The largest absolute Gasteiger partial charge is 0.493 e. The molecule has 40 heavy (non-hydrogen) atoms. The molecule has 0 unspecified atom stereocenters. The Morgan fingerprint density at radius 3 is 2.23 bits per heavy atom. The lowest BCUT2D eigenvalue weighted by molar-refractivity contribution is -0.115. The van der Waals surface area contributed by atoms with Crippen molar-refractivity contribution in [3.63, 3.8) is 0 Å². The van der Waals surface area contributed by atoms with E-state index in [1.54, 1.807) is 36.4 Å². The molecule has 3 aromatic carbocycles. The summed E-state index contributed by atoms with van der Waals surface area (Å²) in [6, 6.07) is 17.6. The van der Waals surface area contributed by atoms with E-state index < -0.39 is 0 Å². The van der Waals surface area contributed by atoms with Crippen molar-refractivity contribution in [2.45, 2.75) is 6.42 Å². The summed E-state index contributed by atoms with van der Waals surface area (Å²) in [6.45, 7) is 0.398. The maximum Gasteiger partial charge on any atom is 0.290 e.